The van der Waals surface area contributed by atoms with E-state index >= 15 is 0 Å². The lowest BCUT2D eigenvalue weighted by atomic mass is 9.78. The molecule has 3 heteroatoms. The molecule has 1 aromatic heterocycles. The van der Waals surface area contributed by atoms with Crippen molar-refractivity contribution in [2.45, 2.75) is 6.82 Å². The highest BCUT2D eigenvalue weighted by atomic mass is 15.2. The van der Waals surface area contributed by atoms with Crippen LogP contribution >= 0.6 is 0 Å². The second kappa shape index (κ2) is 2.03. The second-order valence-electron chi connectivity index (χ2n) is 1.80. The normalized spacial score (nSPS) is 9.25. The Morgan fingerprint density at radius 1 is 1.75 bits per heavy atom. The molecule has 0 aliphatic heterocycles. The minimum absolute atomic E-state index is 1.07. The van der Waals surface area contributed by atoms with Gasteiger partial charge >= 0.3 is 0 Å². The molecule has 0 saturated heterocycles. The number of hydrogen-bond acceptors (Lipinski definition) is 1. The van der Waals surface area contributed by atoms with Gasteiger partial charge in [0.05, 0.1) is 0 Å². The van der Waals surface area contributed by atoms with Gasteiger partial charge in [0.15, 0.2) is 7.28 Å². The van der Waals surface area contributed by atoms with Gasteiger partial charge in [-0.05, 0) is 11.7 Å². The first kappa shape index (κ1) is 5.41. The van der Waals surface area contributed by atoms with Gasteiger partial charge in [-0.1, -0.05) is 6.82 Å². The molecule has 0 aromatic carbocycles. The van der Waals surface area contributed by atoms with Crippen LogP contribution in [0.4, 0.5) is 0 Å². The molecule has 0 N–H and O–H groups in total. The van der Waals surface area contributed by atoms with Crippen molar-refractivity contribution in [1.29, 1.82) is 0 Å². The van der Waals surface area contributed by atoms with E-state index in [2.05, 4.69) is 11.9 Å². The van der Waals surface area contributed by atoms with E-state index in [-0.39, 0.29) is 0 Å². The van der Waals surface area contributed by atoms with Crippen LogP contribution < -0.4 is 5.59 Å². The Kier molecular flexibility index (Phi) is 1.37. The lowest BCUT2D eigenvalue weighted by Crippen LogP contribution is -2.19. The maximum absolute atomic E-state index is 4.00. The first-order chi connectivity index (χ1) is 3.84. The summed E-state index contributed by atoms with van der Waals surface area (Å²) in [5.74, 6) is 0. The van der Waals surface area contributed by atoms with Crippen LogP contribution in [0.25, 0.3) is 0 Å². The molecular weight excluding hydrogens is 98.9 g/mol. The Morgan fingerprint density at radius 2 is 2.50 bits per heavy atom. The molecule has 0 unspecified atom stereocenters. The van der Waals surface area contributed by atoms with Crippen LogP contribution in [0, 0.1) is 0 Å². The average molecular weight is 108 g/mol. The molecule has 0 aliphatic rings. The summed E-state index contributed by atoms with van der Waals surface area (Å²) in [4.78, 5) is 0. The third-order valence-corrected chi connectivity index (χ3v) is 1.28. The maximum Gasteiger partial charge on any atom is 0.178 e. The van der Waals surface area contributed by atoms with E-state index in [0.717, 1.165) is 7.28 Å². The van der Waals surface area contributed by atoms with E-state index in [9.17, 15) is 0 Å². The molecule has 0 atom stereocenters. The Hall–Kier alpha value is -0.725. The number of rotatable bonds is 1. The fourth-order valence-corrected chi connectivity index (χ4v) is 0.748. The highest BCUT2D eigenvalue weighted by Crippen LogP contribution is 1.73. The SMILES string of the molecule is CBc1ccnn1C. The standard InChI is InChI=1S/C5H9BN2/c1-6-5-3-4-7-8(5)2/h3-4,6H,1-2H3. The number of nitrogens with zero attached hydrogens (tertiary/aromatic N) is 2. The van der Waals surface area contributed by atoms with E-state index in [0.29, 0.717) is 0 Å². The van der Waals surface area contributed by atoms with Gasteiger partial charge in [0.1, 0.15) is 0 Å². The molecule has 42 valence electrons. The summed E-state index contributed by atoms with van der Waals surface area (Å²) in [6.07, 6.45) is 1.82. The molecule has 0 spiro atoms. The Bertz CT molecular complexity index is 171. The molecule has 0 amide bonds. The summed E-state index contributed by atoms with van der Waals surface area (Å²) < 4.78 is 1.89. The fourth-order valence-electron chi connectivity index (χ4n) is 0.748. The van der Waals surface area contributed by atoms with E-state index in [1.165, 1.54) is 5.59 Å². The summed E-state index contributed by atoms with van der Waals surface area (Å²) in [5.41, 5.74) is 1.28. The molecular formula is C5H9BN2. The lowest BCUT2D eigenvalue weighted by molar-refractivity contribution is 0.789. The Labute approximate surface area is 49.8 Å². The summed E-state index contributed by atoms with van der Waals surface area (Å²) in [6.45, 7) is 2.12. The molecule has 0 bridgehead atoms. The predicted molar refractivity (Wildman–Crippen MR) is 35.9 cm³/mol. The van der Waals surface area contributed by atoms with Gasteiger partial charge in [-0.3, -0.25) is 4.68 Å². The maximum atomic E-state index is 4.00. The van der Waals surface area contributed by atoms with Crippen LogP contribution in [0.1, 0.15) is 0 Å². The zero-order chi connectivity index (χ0) is 5.98. The molecule has 1 aromatic rings. The van der Waals surface area contributed by atoms with Gasteiger partial charge in [0.2, 0.25) is 0 Å². The number of aryl methyl sites for hydroxylation is 1. The fraction of sp³-hybridized carbons (Fsp3) is 0.400. The van der Waals surface area contributed by atoms with E-state index in [1.807, 2.05) is 24.0 Å². The van der Waals surface area contributed by atoms with E-state index < -0.39 is 0 Å². The summed E-state index contributed by atoms with van der Waals surface area (Å²) in [7, 11) is 3.02. The number of aromatic nitrogens is 2. The van der Waals surface area contributed by atoms with Crippen molar-refractivity contribution in [1.82, 2.24) is 9.78 Å². The molecule has 0 fully saturated rings. The van der Waals surface area contributed by atoms with Gasteiger partial charge in [0.25, 0.3) is 0 Å². The molecule has 1 heterocycles. The van der Waals surface area contributed by atoms with Gasteiger partial charge in [-0.2, -0.15) is 5.10 Å². The molecule has 2 nitrogen and oxygen atoms in total. The summed E-state index contributed by atoms with van der Waals surface area (Å²) in [5, 5.41) is 4.00. The topological polar surface area (TPSA) is 17.8 Å². The van der Waals surface area contributed by atoms with Crippen molar-refractivity contribution in [2.75, 3.05) is 0 Å². The minimum atomic E-state index is 1.07. The molecule has 0 radical (unpaired) electrons. The quantitative estimate of drug-likeness (QED) is 0.444. The van der Waals surface area contributed by atoms with Crippen molar-refractivity contribution >= 4 is 12.9 Å². The molecule has 0 saturated carbocycles. The molecule has 8 heavy (non-hydrogen) atoms. The smallest absolute Gasteiger partial charge is 0.178 e. The highest BCUT2D eigenvalue weighted by molar-refractivity contribution is 6.50. The summed E-state index contributed by atoms with van der Waals surface area (Å²) in [6, 6.07) is 2.03. The Balaban J connectivity index is 2.92. The highest BCUT2D eigenvalue weighted by Gasteiger charge is 1.91. The van der Waals surface area contributed by atoms with Gasteiger partial charge in [-0.15, -0.1) is 0 Å². The predicted octanol–water partition coefficient (Wildman–Crippen LogP) is -0.470. The van der Waals surface area contributed by atoms with Crippen molar-refractivity contribution in [2.24, 2.45) is 7.05 Å². The Morgan fingerprint density at radius 3 is 2.75 bits per heavy atom. The van der Waals surface area contributed by atoms with Gasteiger partial charge in [-0.25, -0.2) is 0 Å². The molecule has 0 aliphatic carbocycles. The van der Waals surface area contributed by atoms with Crippen molar-refractivity contribution < 1.29 is 0 Å². The van der Waals surface area contributed by atoms with Crippen molar-refractivity contribution in [3.05, 3.63) is 12.3 Å². The largest absolute Gasteiger partial charge is 0.282 e. The van der Waals surface area contributed by atoms with Crippen molar-refractivity contribution in [3.8, 4) is 0 Å². The summed E-state index contributed by atoms with van der Waals surface area (Å²) >= 11 is 0. The van der Waals surface area contributed by atoms with Crippen LogP contribution in [0.15, 0.2) is 12.3 Å². The van der Waals surface area contributed by atoms with Crippen LogP contribution in [0.2, 0.25) is 6.82 Å². The third-order valence-electron chi connectivity index (χ3n) is 1.28. The van der Waals surface area contributed by atoms with Gasteiger partial charge in [0, 0.05) is 13.2 Å². The lowest BCUT2D eigenvalue weighted by Gasteiger charge is -1.91. The van der Waals surface area contributed by atoms with Crippen molar-refractivity contribution in [3.63, 3.8) is 0 Å². The van der Waals surface area contributed by atoms with Crippen LogP contribution in [0.3, 0.4) is 0 Å². The average Bonchev–Trinajstić information content (AvgIpc) is 2.14. The van der Waals surface area contributed by atoms with Crippen LogP contribution in [0.5, 0.6) is 0 Å². The molecule has 1 rings (SSSR count). The van der Waals surface area contributed by atoms with Crippen LogP contribution in [-0.4, -0.2) is 17.1 Å². The zero-order valence-electron chi connectivity index (χ0n) is 5.26. The zero-order valence-corrected chi connectivity index (χ0v) is 5.26. The second-order valence-corrected chi connectivity index (χ2v) is 1.80. The monoisotopic (exact) mass is 108 g/mol. The number of hydrogen-bond donors (Lipinski definition) is 0. The van der Waals surface area contributed by atoms with Gasteiger partial charge < -0.3 is 0 Å². The van der Waals surface area contributed by atoms with E-state index in [4.69, 9.17) is 0 Å². The van der Waals surface area contributed by atoms with Crippen LogP contribution in [-0.2, 0) is 7.05 Å². The van der Waals surface area contributed by atoms with E-state index in [1.54, 1.807) is 0 Å². The third kappa shape index (κ3) is 0.758. The first-order valence-electron chi connectivity index (χ1n) is 2.81. The first-order valence-corrected chi connectivity index (χ1v) is 2.81. The minimum Gasteiger partial charge on any atom is -0.282 e.